The maximum absolute atomic E-state index is 14.8. The molecule has 0 N–H and O–H groups in total. The zero-order valence-electron chi connectivity index (χ0n) is 70.5. The molecule has 0 radical (unpaired) electrons. The van der Waals surface area contributed by atoms with Gasteiger partial charge in [0.15, 0.2) is 31.1 Å². The van der Waals surface area contributed by atoms with Crippen LogP contribution in [0.4, 0.5) is 0 Å². The van der Waals surface area contributed by atoms with E-state index in [2.05, 4.69) is 49.3 Å². The minimum Gasteiger partial charge on any atom is -0.497 e. The number of benzene rings is 8. The van der Waals surface area contributed by atoms with Gasteiger partial charge in [-0.1, -0.05) is 173 Å². The predicted octanol–water partition coefficient (Wildman–Crippen LogP) is 17.2. The van der Waals surface area contributed by atoms with Crippen molar-refractivity contribution in [1.29, 1.82) is 0 Å². The van der Waals surface area contributed by atoms with E-state index < -0.39 is 149 Å². The Labute approximate surface area is 711 Å². The largest absolute Gasteiger partial charge is 0.497 e. The lowest BCUT2D eigenvalue weighted by atomic mass is 9.80. The third-order valence-electron chi connectivity index (χ3n) is 21.8. The third kappa shape index (κ3) is 24.8. The zero-order valence-corrected chi connectivity index (χ0v) is 71.4. The topological polar surface area (TPSA) is 250 Å². The number of ether oxygens (including phenoxy) is 15. The Balaban J connectivity index is 0.904. The molecule has 24 nitrogen and oxygen atoms in total. The van der Waals surface area contributed by atoms with Gasteiger partial charge < -0.3 is 84.9 Å². The Bertz CT molecular complexity index is 4440. The first-order valence-electron chi connectivity index (χ1n) is 41.7. The second-order valence-electron chi connectivity index (χ2n) is 30.8. The molecular weight excluding hydrogens is 1560 g/mol. The van der Waals surface area contributed by atoms with Crippen molar-refractivity contribution in [3.8, 4) is 11.5 Å². The summed E-state index contributed by atoms with van der Waals surface area (Å²) in [5.74, 6) is -4.89. The summed E-state index contributed by atoms with van der Waals surface area (Å²) >= 11 is 0. The van der Waals surface area contributed by atoms with E-state index in [4.69, 9.17) is 86.7 Å². The Hall–Kier alpha value is -9.81. The number of rotatable bonds is 43. The third-order valence-corrected chi connectivity index (χ3v) is 24.0. The molecule has 3 heterocycles. The summed E-state index contributed by atoms with van der Waals surface area (Å²) in [7, 11) is 1.81. The van der Waals surface area contributed by atoms with Crippen molar-refractivity contribution >= 4 is 38.4 Å². The summed E-state index contributed by atoms with van der Waals surface area (Å²) in [4.78, 5) is 75.6. The van der Waals surface area contributed by atoms with E-state index in [9.17, 15) is 24.0 Å². The first-order valence-corrected chi connectivity index (χ1v) is 42.8. The highest BCUT2D eigenvalue weighted by Crippen LogP contribution is 2.47. The van der Waals surface area contributed by atoms with Crippen LogP contribution in [0.3, 0.4) is 0 Å². The van der Waals surface area contributed by atoms with Crippen molar-refractivity contribution in [2.24, 2.45) is 23.7 Å². The fourth-order valence-electron chi connectivity index (χ4n) is 15.2. The maximum Gasteiger partial charge on any atom is 0.338 e. The van der Waals surface area contributed by atoms with Gasteiger partial charge in [0.1, 0.15) is 73.5 Å². The molecular formula is C96H113N2O22P. The van der Waals surface area contributed by atoms with Gasteiger partial charge in [0.2, 0.25) is 6.54 Å². The molecule has 0 spiro atoms. The second kappa shape index (κ2) is 46.4. The van der Waals surface area contributed by atoms with E-state index >= 15 is 0 Å². The molecule has 11 rings (SSSR count). The molecule has 3 aliphatic rings. The van der Waals surface area contributed by atoms with Gasteiger partial charge in [0.05, 0.1) is 55.3 Å². The molecule has 8 aromatic rings. The van der Waals surface area contributed by atoms with E-state index in [1.54, 1.807) is 167 Å². The van der Waals surface area contributed by atoms with Crippen LogP contribution in [0.15, 0.2) is 231 Å². The minimum absolute atomic E-state index is 0.0542. The average Bonchev–Trinajstić information content (AvgIpc) is 0.738. The molecule has 0 saturated carbocycles. The summed E-state index contributed by atoms with van der Waals surface area (Å²) in [5, 5.41) is 0. The first kappa shape index (κ1) is 91.9. The van der Waals surface area contributed by atoms with Crippen molar-refractivity contribution in [2.75, 3.05) is 73.6 Å². The minimum atomic E-state index is -1.46. The first-order chi connectivity index (χ1) is 58.8. The Morgan fingerprint density at radius 2 is 0.760 bits per heavy atom. The molecule has 3 aliphatic heterocycles. The standard InChI is InChI=1S/C96H113N2O22P/c1-64(2)98(65(3)4)121(112-60-55-97-9)111-59-34-33-56-106-61-80-83(116-90(101)72-39-23-14-24-40-72)66(5)67(6)94(114-80)119-85-69(8)95(115-82(63-109-89(100)71-37-21-13-22-38-71)87(85)118-92(103)74-43-27-16-28-44-74)120-84-68(7)93(113-81(62-108-88(99)70-35-19-12-20-36-70)86(84)117-91(102)73-41-25-15-26-42-73)107-57-31-18-32-58-110-96(75-45-29-17-30-46-75,76-47-51-78(104-10)52-48-76)77-49-53-79(105-11)54-50-77/h12-17,19-30,35-54,64-69,80-87,93-95H,18,31-34,55-63H2,1-8,10-11H3. The van der Waals surface area contributed by atoms with Gasteiger partial charge in [-0.15, -0.1) is 0 Å². The summed E-state index contributed by atoms with van der Waals surface area (Å²) < 4.78 is 114. The molecule has 3 fully saturated rings. The second-order valence-corrected chi connectivity index (χ2v) is 32.3. The number of unbranched alkanes of at least 4 members (excludes halogenated alkanes) is 3. The predicted molar refractivity (Wildman–Crippen MR) is 453 cm³/mol. The SMILES string of the molecule is [C-]#[N+]CCOP(OCCCCOCC1OC(OC2C(C)C(OC3C(C)C(OCCCCCOC(c4ccccc4)(c4ccc(OC)cc4)c4ccc(OC)cc4)OC(COC(=O)c4ccccc4)C3OC(=O)c3ccccc3)OC(COC(=O)c3ccccc3)C2OC(=O)c2ccccc2)C(C)C(C)C1OC(=O)c1ccccc1)N(C(C)C)C(C)C. The quantitative estimate of drug-likeness (QED) is 0.00860. The van der Waals surface area contributed by atoms with Gasteiger partial charge in [-0.05, 0) is 161 Å². The fourth-order valence-corrected chi connectivity index (χ4v) is 16.8. The van der Waals surface area contributed by atoms with E-state index in [1.165, 1.54) is 0 Å². The molecule has 8 aromatic carbocycles. The lowest BCUT2D eigenvalue weighted by Gasteiger charge is -2.51. The molecule has 16 unspecified atom stereocenters. The number of carbonyl (C=O) groups excluding carboxylic acids is 5. The highest BCUT2D eigenvalue weighted by Gasteiger charge is 2.56. The summed E-state index contributed by atoms with van der Waals surface area (Å²) in [6.07, 6.45) is -10.4. The van der Waals surface area contributed by atoms with Crippen LogP contribution in [0, 0.1) is 30.2 Å². The maximum atomic E-state index is 14.8. The van der Waals surface area contributed by atoms with E-state index in [1.807, 2.05) is 93.6 Å². The molecule has 121 heavy (non-hydrogen) atoms. The van der Waals surface area contributed by atoms with Crippen LogP contribution >= 0.6 is 8.53 Å². The van der Waals surface area contributed by atoms with Gasteiger partial charge >= 0.3 is 29.8 Å². The van der Waals surface area contributed by atoms with Crippen LogP contribution < -0.4 is 9.47 Å². The van der Waals surface area contributed by atoms with Gasteiger partial charge in [-0.25, -0.2) is 35.2 Å². The van der Waals surface area contributed by atoms with Crippen LogP contribution in [0.25, 0.3) is 4.85 Å². The zero-order chi connectivity index (χ0) is 85.6. The molecule has 0 bridgehead atoms. The van der Waals surface area contributed by atoms with E-state index in [0.29, 0.717) is 62.4 Å². The van der Waals surface area contributed by atoms with Crippen molar-refractivity contribution in [2.45, 2.75) is 173 Å². The van der Waals surface area contributed by atoms with Crippen LogP contribution in [0.1, 0.15) is 156 Å². The summed E-state index contributed by atoms with van der Waals surface area (Å²) in [5.41, 5.74) is 2.90. The van der Waals surface area contributed by atoms with Crippen LogP contribution in [0.5, 0.6) is 11.5 Å². The Morgan fingerprint density at radius 3 is 1.20 bits per heavy atom. The van der Waals surface area contributed by atoms with Crippen LogP contribution in [0.2, 0.25) is 0 Å². The van der Waals surface area contributed by atoms with Crippen LogP contribution in [-0.4, -0.2) is 188 Å². The lowest BCUT2D eigenvalue weighted by molar-refractivity contribution is -0.361. The van der Waals surface area contributed by atoms with Crippen molar-refractivity contribution in [1.82, 2.24) is 4.67 Å². The van der Waals surface area contributed by atoms with E-state index in [0.717, 1.165) is 16.7 Å². The molecule has 25 heteroatoms. The summed E-state index contributed by atoms with van der Waals surface area (Å²) in [6.45, 7) is 23.7. The van der Waals surface area contributed by atoms with Gasteiger partial charge in [0, 0.05) is 55.6 Å². The number of hydrogen-bond donors (Lipinski definition) is 0. The molecule has 0 amide bonds. The number of carbonyl (C=O) groups is 5. The monoisotopic (exact) mass is 1680 g/mol. The smallest absolute Gasteiger partial charge is 0.338 e. The number of methoxy groups -OCH3 is 2. The molecule has 644 valence electrons. The van der Waals surface area contributed by atoms with Gasteiger partial charge in [-0.2, -0.15) is 0 Å². The van der Waals surface area contributed by atoms with Gasteiger partial charge in [-0.3, -0.25) is 0 Å². The van der Waals surface area contributed by atoms with Gasteiger partial charge in [0.25, 0.3) is 8.53 Å². The Morgan fingerprint density at radius 1 is 0.397 bits per heavy atom. The number of hydrogen-bond acceptors (Lipinski definition) is 23. The highest BCUT2D eigenvalue weighted by molar-refractivity contribution is 7.44. The van der Waals surface area contributed by atoms with E-state index in [-0.39, 0.29) is 67.3 Å². The van der Waals surface area contributed by atoms with Crippen LogP contribution in [-0.2, 0) is 76.2 Å². The molecule has 0 aliphatic carbocycles. The molecule has 3 saturated heterocycles. The lowest BCUT2D eigenvalue weighted by Crippen LogP contribution is -2.64. The molecule has 16 atom stereocenters. The molecule has 0 aromatic heterocycles. The average molecular weight is 1680 g/mol. The normalized spacial score (nSPS) is 23.2. The fraction of sp³-hybridized carbons (Fsp3) is 0.438. The van der Waals surface area contributed by atoms with Crippen molar-refractivity contribution < 1.29 is 104 Å². The highest BCUT2D eigenvalue weighted by atomic mass is 31.2. The Kier molecular flexibility index (Phi) is 35.3. The van der Waals surface area contributed by atoms with Crippen molar-refractivity contribution in [3.05, 3.63) is 286 Å². The number of esters is 5. The summed E-state index contributed by atoms with van der Waals surface area (Å²) in [6, 6.07) is 68.4. The van der Waals surface area contributed by atoms with Crippen molar-refractivity contribution in [3.63, 3.8) is 0 Å². The number of nitrogens with zero attached hydrogens (tertiary/aromatic N) is 2.